The van der Waals surface area contributed by atoms with Crippen molar-refractivity contribution in [1.82, 2.24) is 15.3 Å². The highest BCUT2D eigenvalue weighted by Gasteiger charge is 2.10. The van der Waals surface area contributed by atoms with E-state index in [0.29, 0.717) is 23.3 Å². The Morgan fingerprint density at radius 3 is 2.95 bits per heavy atom. The lowest BCUT2D eigenvalue weighted by Gasteiger charge is -2.12. The van der Waals surface area contributed by atoms with Crippen LogP contribution in [-0.4, -0.2) is 9.97 Å². The van der Waals surface area contributed by atoms with E-state index >= 15 is 0 Å². The highest BCUT2D eigenvalue weighted by Crippen LogP contribution is 2.11. The van der Waals surface area contributed by atoms with E-state index in [0.717, 1.165) is 5.76 Å². The molecule has 0 unspecified atom stereocenters. The van der Waals surface area contributed by atoms with Crippen LogP contribution in [0.5, 0.6) is 0 Å². The lowest BCUT2D eigenvalue weighted by molar-refractivity contribution is 0.453. The minimum Gasteiger partial charge on any atom is -0.468 e. The van der Waals surface area contributed by atoms with E-state index < -0.39 is 0 Å². The molecule has 2 aromatic heterocycles. The summed E-state index contributed by atoms with van der Waals surface area (Å²) >= 11 is 0. The molecule has 3 rings (SSSR count). The zero-order valence-corrected chi connectivity index (χ0v) is 11.1. The normalized spacial score (nSPS) is 12.7. The monoisotopic (exact) mass is 269 g/mol. The van der Waals surface area contributed by atoms with E-state index in [9.17, 15) is 4.79 Å². The first-order valence-electron chi connectivity index (χ1n) is 6.49. The molecule has 0 saturated heterocycles. The first-order chi connectivity index (χ1) is 9.74. The molecule has 102 valence electrons. The van der Waals surface area contributed by atoms with Crippen LogP contribution in [0.15, 0.2) is 51.9 Å². The molecule has 1 atom stereocenters. The van der Waals surface area contributed by atoms with E-state index in [1.54, 1.807) is 12.3 Å². The second kappa shape index (κ2) is 5.30. The van der Waals surface area contributed by atoms with Crippen molar-refractivity contribution in [3.8, 4) is 0 Å². The Morgan fingerprint density at radius 2 is 2.15 bits per heavy atom. The van der Waals surface area contributed by atoms with Crippen molar-refractivity contribution in [1.29, 1.82) is 0 Å². The van der Waals surface area contributed by atoms with E-state index in [1.165, 1.54) is 0 Å². The van der Waals surface area contributed by atoms with Gasteiger partial charge in [-0.15, -0.1) is 0 Å². The van der Waals surface area contributed by atoms with Gasteiger partial charge in [0.2, 0.25) is 0 Å². The number of hydrogen-bond acceptors (Lipinski definition) is 4. The van der Waals surface area contributed by atoms with Crippen molar-refractivity contribution < 1.29 is 4.42 Å². The van der Waals surface area contributed by atoms with E-state index in [1.807, 2.05) is 37.3 Å². The molecule has 5 heteroatoms. The minimum atomic E-state index is -0.114. The summed E-state index contributed by atoms with van der Waals surface area (Å²) in [6.45, 7) is 2.54. The molecule has 3 aromatic rings. The number of H-pyrrole nitrogens is 1. The van der Waals surface area contributed by atoms with Gasteiger partial charge in [-0.2, -0.15) is 0 Å². The second-order valence-electron chi connectivity index (χ2n) is 4.65. The predicted octanol–water partition coefficient (Wildman–Crippen LogP) is 2.37. The molecule has 1 aromatic carbocycles. The van der Waals surface area contributed by atoms with Crippen LogP contribution in [0.3, 0.4) is 0 Å². The summed E-state index contributed by atoms with van der Waals surface area (Å²) in [6.07, 6.45) is 1.64. The highest BCUT2D eigenvalue weighted by atomic mass is 16.3. The fraction of sp³-hybridized carbons (Fsp3) is 0.200. The fourth-order valence-electron chi connectivity index (χ4n) is 2.07. The number of benzene rings is 1. The van der Waals surface area contributed by atoms with Gasteiger partial charge in [0.25, 0.3) is 5.56 Å². The molecule has 0 saturated carbocycles. The van der Waals surface area contributed by atoms with Crippen LogP contribution in [-0.2, 0) is 6.54 Å². The van der Waals surface area contributed by atoms with Crippen molar-refractivity contribution in [2.24, 2.45) is 0 Å². The van der Waals surface area contributed by atoms with Crippen LogP contribution in [0.1, 0.15) is 24.6 Å². The largest absolute Gasteiger partial charge is 0.468 e. The van der Waals surface area contributed by atoms with Crippen LogP contribution in [0.4, 0.5) is 0 Å². The summed E-state index contributed by atoms with van der Waals surface area (Å²) in [6, 6.07) is 11.0. The Balaban J connectivity index is 1.84. The average Bonchev–Trinajstić information content (AvgIpc) is 2.98. The molecule has 2 heterocycles. The molecular weight excluding hydrogens is 254 g/mol. The molecule has 5 nitrogen and oxygen atoms in total. The Bertz CT molecular complexity index is 762. The molecule has 0 fully saturated rings. The Labute approximate surface area is 115 Å². The zero-order chi connectivity index (χ0) is 13.9. The number of rotatable bonds is 4. The smallest absolute Gasteiger partial charge is 0.258 e. The third kappa shape index (κ3) is 2.48. The van der Waals surface area contributed by atoms with Crippen molar-refractivity contribution in [2.45, 2.75) is 19.5 Å². The van der Waals surface area contributed by atoms with Gasteiger partial charge in [-0.1, -0.05) is 12.1 Å². The molecule has 0 radical (unpaired) electrons. The van der Waals surface area contributed by atoms with Crippen molar-refractivity contribution in [3.05, 3.63) is 64.6 Å². The van der Waals surface area contributed by atoms with Crippen molar-refractivity contribution >= 4 is 10.9 Å². The summed E-state index contributed by atoms with van der Waals surface area (Å²) in [7, 11) is 0. The minimum absolute atomic E-state index is 0.0718. The van der Waals surface area contributed by atoms with Gasteiger partial charge in [-0.05, 0) is 31.2 Å². The van der Waals surface area contributed by atoms with Gasteiger partial charge in [-0.25, -0.2) is 4.98 Å². The molecule has 20 heavy (non-hydrogen) atoms. The molecule has 0 aliphatic rings. The Hall–Kier alpha value is -2.40. The first-order valence-corrected chi connectivity index (χ1v) is 6.49. The lowest BCUT2D eigenvalue weighted by Crippen LogP contribution is -2.23. The molecule has 2 N–H and O–H groups in total. The van der Waals surface area contributed by atoms with Crippen LogP contribution < -0.4 is 10.9 Å². The van der Waals surface area contributed by atoms with Crippen molar-refractivity contribution in [3.63, 3.8) is 0 Å². The van der Waals surface area contributed by atoms with Crippen LogP contribution in [0.2, 0.25) is 0 Å². The van der Waals surface area contributed by atoms with E-state index in [-0.39, 0.29) is 11.6 Å². The maximum Gasteiger partial charge on any atom is 0.258 e. The number of nitrogens with zero attached hydrogens (tertiary/aromatic N) is 1. The average molecular weight is 269 g/mol. The van der Waals surface area contributed by atoms with Crippen LogP contribution in [0.25, 0.3) is 10.9 Å². The number of fused-ring (bicyclic) bond motifs is 1. The summed E-state index contributed by atoms with van der Waals surface area (Å²) in [5.41, 5.74) is 0.593. The molecule has 0 spiro atoms. The fourth-order valence-corrected chi connectivity index (χ4v) is 2.07. The van der Waals surface area contributed by atoms with Gasteiger partial charge in [-0.3, -0.25) is 4.79 Å². The summed E-state index contributed by atoms with van der Waals surface area (Å²) in [5.74, 6) is 1.47. The molecule has 0 amide bonds. The zero-order valence-electron chi connectivity index (χ0n) is 11.1. The molecular formula is C15H15N3O2. The SMILES string of the molecule is C[C@H](NCc1ccco1)c1nc2ccccc2c(=O)[nH]1. The number of para-hydroxylation sites is 1. The predicted molar refractivity (Wildman–Crippen MR) is 76.3 cm³/mol. The number of aromatic amines is 1. The molecule has 0 aliphatic carbocycles. The highest BCUT2D eigenvalue weighted by molar-refractivity contribution is 5.77. The number of nitrogens with one attached hydrogen (secondary N) is 2. The number of furan rings is 1. The number of aromatic nitrogens is 2. The van der Waals surface area contributed by atoms with Crippen LogP contribution >= 0.6 is 0 Å². The lowest BCUT2D eigenvalue weighted by atomic mass is 10.2. The standard InChI is InChI=1S/C15H15N3O2/c1-10(16-9-11-5-4-8-20-11)14-17-13-7-3-2-6-12(13)15(19)18-14/h2-8,10,16H,9H2,1H3,(H,17,18,19)/t10-/m0/s1. The quantitative estimate of drug-likeness (QED) is 0.762. The van der Waals surface area contributed by atoms with Gasteiger partial charge < -0.3 is 14.7 Å². The van der Waals surface area contributed by atoms with E-state index in [4.69, 9.17) is 4.42 Å². The Morgan fingerprint density at radius 1 is 1.30 bits per heavy atom. The number of hydrogen-bond donors (Lipinski definition) is 2. The summed E-state index contributed by atoms with van der Waals surface area (Å²) < 4.78 is 5.26. The van der Waals surface area contributed by atoms with Gasteiger partial charge in [0.15, 0.2) is 0 Å². The third-order valence-electron chi connectivity index (χ3n) is 3.20. The van der Waals surface area contributed by atoms with Gasteiger partial charge >= 0.3 is 0 Å². The summed E-state index contributed by atoms with van der Waals surface area (Å²) in [4.78, 5) is 19.3. The first kappa shape index (κ1) is 12.6. The van der Waals surface area contributed by atoms with Crippen molar-refractivity contribution in [2.75, 3.05) is 0 Å². The third-order valence-corrected chi connectivity index (χ3v) is 3.20. The molecule has 0 bridgehead atoms. The molecule has 0 aliphatic heterocycles. The summed E-state index contributed by atoms with van der Waals surface area (Å²) in [5, 5.41) is 3.87. The van der Waals surface area contributed by atoms with Gasteiger partial charge in [0.05, 0.1) is 29.8 Å². The maximum atomic E-state index is 12.0. The van der Waals surface area contributed by atoms with E-state index in [2.05, 4.69) is 15.3 Å². The maximum absolute atomic E-state index is 12.0. The van der Waals surface area contributed by atoms with Gasteiger partial charge in [0.1, 0.15) is 11.6 Å². The topological polar surface area (TPSA) is 70.9 Å². The second-order valence-corrected chi connectivity index (χ2v) is 4.65. The Kier molecular flexibility index (Phi) is 3.35. The van der Waals surface area contributed by atoms with Gasteiger partial charge in [0, 0.05) is 0 Å². The van der Waals surface area contributed by atoms with Crippen LogP contribution in [0, 0.1) is 0 Å².